The van der Waals surface area contributed by atoms with Crippen molar-refractivity contribution in [2.75, 3.05) is 44.2 Å². The highest BCUT2D eigenvalue weighted by atomic mass is 79.9. The first kappa shape index (κ1) is 14.8. The molecule has 0 aliphatic carbocycles. The number of hydrogen-bond donors (Lipinski definition) is 1. The molecule has 4 nitrogen and oxygen atoms in total. The van der Waals surface area contributed by atoms with Crippen LogP contribution in [0.5, 0.6) is 0 Å². The van der Waals surface area contributed by atoms with E-state index >= 15 is 0 Å². The number of anilines is 1. The first-order valence-electron chi connectivity index (χ1n) is 7.09. The van der Waals surface area contributed by atoms with E-state index in [4.69, 9.17) is 5.73 Å². The Morgan fingerprint density at radius 1 is 1.16 bits per heavy atom. The summed E-state index contributed by atoms with van der Waals surface area (Å²) in [4.78, 5) is 9.37. The van der Waals surface area contributed by atoms with Gasteiger partial charge < -0.3 is 10.6 Å². The number of nitrogens with two attached hydrogens (primary N) is 1. The normalized spacial score (nSPS) is 16.8. The number of halogens is 1. The number of piperazine rings is 1. The van der Waals surface area contributed by atoms with Crippen molar-refractivity contribution in [3.05, 3.63) is 22.8 Å². The maximum Gasteiger partial charge on any atom is 0.142 e. The number of pyridine rings is 1. The summed E-state index contributed by atoms with van der Waals surface area (Å²) < 4.78 is 1.09. The summed E-state index contributed by atoms with van der Waals surface area (Å²) in [6, 6.07) is 4.02. The Kier molecular flexibility index (Phi) is 6.07. The third-order valence-electron chi connectivity index (χ3n) is 3.59. The summed E-state index contributed by atoms with van der Waals surface area (Å²) in [5.41, 5.74) is 5.51. The van der Waals surface area contributed by atoms with Crippen molar-refractivity contribution in [3.8, 4) is 0 Å². The Bertz CT molecular complexity index is 377. The van der Waals surface area contributed by atoms with Crippen molar-refractivity contribution in [1.29, 1.82) is 0 Å². The van der Waals surface area contributed by atoms with Crippen molar-refractivity contribution in [2.24, 2.45) is 5.73 Å². The largest absolute Gasteiger partial charge is 0.353 e. The molecule has 19 heavy (non-hydrogen) atoms. The number of aromatic nitrogens is 1. The Hall–Kier alpha value is -0.650. The zero-order valence-electron chi connectivity index (χ0n) is 11.4. The summed E-state index contributed by atoms with van der Waals surface area (Å²) in [6.45, 7) is 6.41. The first-order chi connectivity index (χ1) is 9.31. The molecule has 2 N–H and O–H groups in total. The Labute approximate surface area is 124 Å². The molecule has 0 amide bonds. The molecule has 0 aromatic carbocycles. The average Bonchev–Trinajstić information content (AvgIpc) is 2.45. The molecule has 2 heterocycles. The fraction of sp³-hybridized carbons (Fsp3) is 0.643. The fourth-order valence-corrected chi connectivity index (χ4v) is 2.96. The zero-order chi connectivity index (χ0) is 13.5. The minimum atomic E-state index is 0.821. The molecule has 1 fully saturated rings. The molecule has 0 saturated carbocycles. The lowest BCUT2D eigenvalue weighted by molar-refractivity contribution is 0.252. The van der Waals surface area contributed by atoms with E-state index in [2.05, 4.69) is 36.8 Å². The molecular formula is C14H23BrN4. The van der Waals surface area contributed by atoms with E-state index in [9.17, 15) is 0 Å². The minimum absolute atomic E-state index is 0.821. The van der Waals surface area contributed by atoms with Crippen LogP contribution in [0.2, 0.25) is 0 Å². The maximum absolute atomic E-state index is 5.51. The highest BCUT2D eigenvalue weighted by Gasteiger charge is 2.18. The lowest BCUT2D eigenvalue weighted by Crippen LogP contribution is -2.47. The van der Waals surface area contributed by atoms with E-state index in [0.717, 1.165) is 49.4 Å². The van der Waals surface area contributed by atoms with E-state index in [1.165, 1.54) is 19.4 Å². The average molecular weight is 327 g/mol. The second-order valence-electron chi connectivity index (χ2n) is 4.99. The highest BCUT2D eigenvalue weighted by Crippen LogP contribution is 2.23. The van der Waals surface area contributed by atoms with E-state index in [0.29, 0.717) is 0 Å². The lowest BCUT2D eigenvalue weighted by atomic mass is 10.2. The van der Waals surface area contributed by atoms with Crippen LogP contribution in [0.25, 0.3) is 0 Å². The monoisotopic (exact) mass is 326 g/mol. The van der Waals surface area contributed by atoms with Gasteiger partial charge in [0.2, 0.25) is 0 Å². The van der Waals surface area contributed by atoms with Gasteiger partial charge in [-0.2, -0.15) is 0 Å². The molecule has 0 spiro atoms. The van der Waals surface area contributed by atoms with Gasteiger partial charge in [0.1, 0.15) is 5.82 Å². The Morgan fingerprint density at radius 2 is 1.95 bits per heavy atom. The van der Waals surface area contributed by atoms with Gasteiger partial charge in [-0.1, -0.05) is 6.42 Å². The van der Waals surface area contributed by atoms with Crippen LogP contribution >= 0.6 is 15.9 Å². The predicted octanol–water partition coefficient (Wildman–Crippen LogP) is 2.10. The molecular weight excluding hydrogens is 304 g/mol. The Balaban J connectivity index is 1.75. The minimum Gasteiger partial charge on any atom is -0.353 e. The quantitative estimate of drug-likeness (QED) is 0.813. The van der Waals surface area contributed by atoms with Crippen LogP contribution in [0.3, 0.4) is 0 Å². The lowest BCUT2D eigenvalue weighted by Gasteiger charge is -2.35. The van der Waals surface area contributed by atoms with Crippen molar-refractivity contribution in [2.45, 2.75) is 19.3 Å². The molecule has 0 unspecified atom stereocenters. The van der Waals surface area contributed by atoms with Gasteiger partial charge >= 0.3 is 0 Å². The molecule has 1 aliphatic rings. The van der Waals surface area contributed by atoms with Gasteiger partial charge in [0.25, 0.3) is 0 Å². The molecule has 106 valence electrons. The van der Waals surface area contributed by atoms with Gasteiger partial charge in [-0.3, -0.25) is 4.90 Å². The molecule has 1 aliphatic heterocycles. The summed E-state index contributed by atoms with van der Waals surface area (Å²) in [5, 5.41) is 0. The van der Waals surface area contributed by atoms with Crippen LogP contribution in [-0.2, 0) is 0 Å². The maximum atomic E-state index is 5.51. The Morgan fingerprint density at radius 3 is 2.63 bits per heavy atom. The van der Waals surface area contributed by atoms with E-state index in [1.807, 2.05) is 12.3 Å². The van der Waals surface area contributed by atoms with Crippen LogP contribution in [0.15, 0.2) is 22.8 Å². The van der Waals surface area contributed by atoms with Gasteiger partial charge in [0, 0.05) is 32.4 Å². The first-order valence-corrected chi connectivity index (χ1v) is 7.88. The number of nitrogens with zero attached hydrogens (tertiary/aromatic N) is 3. The number of rotatable bonds is 6. The van der Waals surface area contributed by atoms with Gasteiger partial charge in [-0.05, 0) is 54.0 Å². The van der Waals surface area contributed by atoms with Crippen LogP contribution in [-0.4, -0.2) is 49.2 Å². The highest BCUT2D eigenvalue weighted by molar-refractivity contribution is 9.10. The second-order valence-corrected chi connectivity index (χ2v) is 5.84. The van der Waals surface area contributed by atoms with Crippen LogP contribution in [0.1, 0.15) is 19.3 Å². The van der Waals surface area contributed by atoms with Gasteiger partial charge in [0.15, 0.2) is 0 Å². The van der Waals surface area contributed by atoms with Gasteiger partial charge in [-0.25, -0.2) is 4.98 Å². The third-order valence-corrected chi connectivity index (χ3v) is 4.21. The molecule has 2 rings (SSSR count). The summed E-state index contributed by atoms with van der Waals surface area (Å²) in [6.07, 6.45) is 5.53. The zero-order valence-corrected chi connectivity index (χ0v) is 13.0. The topological polar surface area (TPSA) is 45.4 Å². The summed E-state index contributed by atoms with van der Waals surface area (Å²) >= 11 is 3.58. The standard InChI is InChI=1S/C14H23BrN4/c15-13-5-4-7-17-14(13)19-11-9-18(10-12-19)8-3-1-2-6-16/h4-5,7H,1-3,6,8-12,16H2. The third kappa shape index (κ3) is 4.44. The predicted molar refractivity (Wildman–Crippen MR) is 83.5 cm³/mol. The second kappa shape index (κ2) is 7.82. The number of unbranched alkanes of at least 4 members (excludes halogenated alkanes) is 2. The molecule has 0 bridgehead atoms. The van der Waals surface area contributed by atoms with E-state index in [1.54, 1.807) is 0 Å². The summed E-state index contributed by atoms with van der Waals surface area (Å²) in [5.74, 6) is 1.07. The van der Waals surface area contributed by atoms with Gasteiger partial charge in [0.05, 0.1) is 4.47 Å². The smallest absolute Gasteiger partial charge is 0.142 e. The molecule has 1 saturated heterocycles. The van der Waals surface area contributed by atoms with E-state index < -0.39 is 0 Å². The molecule has 1 aromatic rings. The summed E-state index contributed by atoms with van der Waals surface area (Å²) in [7, 11) is 0. The van der Waals surface area contributed by atoms with Crippen molar-refractivity contribution in [1.82, 2.24) is 9.88 Å². The van der Waals surface area contributed by atoms with E-state index in [-0.39, 0.29) is 0 Å². The van der Waals surface area contributed by atoms with Gasteiger partial charge in [-0.15, -0.1) is 0 Å². The van der Waals surface area contributed by atoms with Crippen molar-refractivity contribution in [3.63, 3.8) is 0 Å². The van der Waals surface area contributed by atoms with Crippen LogP contribution < -0.4 is 10.6 Å². The van der Waals surface area contributed by atoms with Crippen molar-refractivity contribution >= 4 is 21.7 Å². The molecule has 0 radical (unpaired) electrons. The SMILES string of the molecule is NCCCCCN1CCN(c2ncccc2Br)CC1. The van der Waals surface area contributed by atoms with Crippen LogP contribution in [0, 0.1) is 0 Å². The molecule has 0 atom stereocenters. The molecule has 1 aromatic heterocycles. The molecule has 5 heteroatoms. The van der Waals surface area contributed by atoms with Crippen molar-refractivity contribution < 1.29 is 0 Å². The van der Waals surface area contributed by atoms with Crippen LogP contribution in [0.4, 0.5) is 5.82 Å². The number of hydrogen-bond acceptors (Lipinski definition) is 4. The fourth-order valence-electron chi connectivity index (χ4n) is 2.45.